The molecule has 21 heavy (non-hydrogen) atoms. The zero-order chi connectivity index (χ0) is 15.0. The molecule has 2 N–H and O–H groups in total. The lowest BCUT2D eigenvalue weighted by molar-refractivity contribution is 0.526. The zero-order valence-electron chi connectivity index (χ0n) is 14.4. The van der Waals surface area contributed by atoms with E-state index in [-0.39, 0.29) is 0 Å². The van der Waals surface area contributed by atoms with Crippen LogP contribution in [-0.4, -0.2) is 0 Å². The molecule has 0 unspecified atom stereocenters. The summed E-state index contributed by atoms with van der Waals surface area (Å²) in [6, 6.07) is 0. The lowest BCUT2D eigenvalue weighted by Gasteiger charge is -2.05. The highest BCUT2D eigenvalue weighted by atomic mass is 14.6. The van der Waals surface area contributed by atoms with E-state index in [0.717, 1.165) is 12.1 Å². The predicted octanol–water partition coefficient (Wildman–Crippen LogP) is 6.86. The molecule has 0 heterocycles. The fraction of sp³-hybridized carbons (Fsp3) is 0.900. The smallest absolute Gasteiger partial charge is 0.00399 e. The maximum absolute atomic E-state index is 6.09. The molecule has 1 aliphatic carbocycles. The highest BCUT2D eigenvalue weighted by Gasteiger charge is 1.97. The second kappa shape index (κ2) is 14.5. The average molecular weight is 294 g/mol. The zero-order valence-corrected chi connectivity index (χ0v) is 14.4. The molecule has 0 spiro atoms. The van der Waals surface area contributed by atoms with Gasteiger partial charge in [0.1, 0.15) is 0 Å². The van der Waals surface area contributed by atoms with Crippen LogP contribution >= 0.6 is 0 Å². The van der Waals surface area contributed by atoms with E-state index in [0.29, 0.717) is 0 Å². The summed E-state index contributed by atoms with van der Waals surface area (Å²) in [6.07, 6.45) is 27.4. The molecule has 1 aliphatic rings. The quantitative estimate of drug-likeness (QED) is 0.518. The second-order valence-electron chi connectivity index (χ2n) is 6.97. The third-order valence-corrected chi connectivity index (χ3v) is 4.83. The first-order valence-corrected chi connectivity index (χ1v) is 9.84. The molecule has 1 nitrogen and oxygen atoms in total. The van der Waals surface area contributed by atoms with Gasteiger partial charge in [0.2, 0.25) is 0 Å². The maximum atomic E-state index is 6.09. The average Bonchev–Trinajstić information content (AvgIpc) is 2.48. The third-order valence-electron chi connectivity index (χ3n) is 4.83. The topological polar surface area (TPSA) is 26.0 Å². The van der Waals surface area contributed by atoms with Crippen molar-refractivity contribution in [3.05, 3.63) is 11.8 Å². The normalized spacial score (nSPS) is 23.1. The summed E-state index contributed by atoms with van der Waals surface area (Å²) >= 11 is 0. The number of rotatable bonds is 0. The SMILES string of the molecule is NC1=CCCCCCCCCCCCCCCCCCC1. The highest BCUT2D eigenvalue weighted by Crippen LogP contribution is 2.15. The van der Waals surface area contributed by atoms with Crippen LogP contribution in [0.2, 0.25) is 0 Å². The Kier molecular flexibility index (Phi) is 12.8. The van der Waals surface area contributed by atoms with Crippen molar-refractivity contribution in [2.75, 3.05) is 0 Å². The van der Waals surface area contributed by atoms with E-state index >= 15 is 0 Å². The van der Waals surface area contributed by atoms with E-state index in [1.807, 2.05) is 0 Å². The van der Waals surface area contributed by atoms with Crippen LogP contribution in [0.1, 0.15) is 116 Å². The van der Waals surface area contributed by atoms with Gasteiger partial charge in [0.25, 0.3) is 0 Å². The minimum absolute atomic E-state index is 1.12. The van der Waals surface area contributed by atoms with Crippen LogP contribution in [0.15, 0.2) is 11.8 Å². The predicted molar refractivity (Wildman–Crippen MR) is 95.4 cm³/mol. The van der Waals surface area contributed by atoms with Gasteiger partial charge in [0.15, 0.2) is 0 Å². The van der Waals surface area contributed by atoms with Gasteiger partial charge in [-0.25, -0.2) is 0 Å². The number of hydrogen-bond acceptors (Lipinski definition) is 1. The summed E-state index contributed by atoms with van der Waals surface area (Å²) in [7, 11) is 0. The lowest BCUT2D eigenvalue weighted by atomic mass is 10.0. The Hall–Kier alpha value is -0.460. The van der Waals surface area contributed by atoms with Gasteiger partial charge < -0.3 is 5.73 Å². The van der Waals surface area contributed by atoms with E-state index in [2.05, 4.69) is 6.08 Å². The molecular weight excluding hydrogens is 254 g/mol. The molecule has 0 saturated carbocycles. The number of allylic oxidation sites excluding steroid dienone is 2. The van der Waals surface area contributed by atoms with Gasteiger partial charge in [-0.3, -0.25) is 0 Å². The summed E-state index contributed by atoms with van der Waals surface area (Å²) < 4.78 is 0. The fourth-order valence-electron chi connectivity index (χ4n) is 3.34. The van der Waals surface area contributed by atoms with Crippen molar-refractivity contribution >= 4 is 0 Å². The maximum Gasteiger partial charge on any atom is 0.00399 e. The molecule has 0 fully saturated rings. The van der Waals surface area contributed by atoms with Crippen molar-refractivity contribution in [1.29, 1.82) is 0 Å². The Morgan fingerprint density at radius 3 is 1.24 bits per heavy atom. The molecule has 0 bridgehead atoms. The minimum atomic E-state index is 1.12. The largest absolute Gasteiger partial charge is 0.402 e. The van der Waals surface area contributed by atoms with Crippen molar-refractivity contribution in [3.63, 3.8) is 0 Å². The van der Waals surface area contributed by atoms with Crippen molar-refractivity contribution in [2.24, 2.45) is 5.73 Å². The van der Waals surface area contributed by atoms with Crippen LogP contribution in [0.3, 0.4) is 0 Å². The summed E-state index contributed by atoms with van der Waals surface area (Å²) in [5, 5.41) is 0. The van der Waals surface area contributed by atoms with E-state index in [1.165, 1.54) is 109 Å². The van der Waals surface area contributed by atoms with Gasteiger partial charge in [-0.2, -0.15) is 0 Å². The summed E-state index contributed by atoms with van der Waals surface area (Å²) in [5.41, 5.74) is 7.23. The van der Waals surface area contributed by atoms with Crippen LogP contribution < -0.4 is 5.73 Å². The Labute approximate surface area is 133 Å². The van der Waals surface area contributed by atoms with Crippen LogP contribution in [-0.2, 0) is 0 Å². The Bertz CT molecular complexity index is 244. The van der Waals surface area contributed by atoms with Gasteiger partial charge >= 0.3 is 0 Å². The van der Waals surface area contributed by atoms with Crippen LogP contribution in [0.4, 0.5) is 0 Å². The molecule has 0 atom stereocenters. The van der Waals surface area contributed by atoms with E-state index < -0.39 is 0 Å². The van der Waals surface area contributed by atoms with Crippen LogP contribution in [0.25, 0.3) is 0 Å². The molecule has 1 rings (SSSR count). The summed E-state index contributed by atoms with van der Waals surface area (Å²) in [6.45, 7) is 0. The van der Waals surface area contributed by atoms with Crippen LogP contribution in [0, 0.1) is 0 Å². The lowest BCUT2D eigenvalue weighted by Crippen LogP contribution is -1.97. The fourth-order valence-corrected chi connectivity index (χ4v) is 3.34. The van der Waals surface area contributed by atoms with E-state index in [9.17, 15) is 0 Å². The van der Waals surface area contributed by atoms with Gasteiger partial charge in [-0.05, 0) is 25.7 Å². The minimum Gasteiger partial charge on any atom is -0.402 e. The molecule has 0 saturated heterocycles. The molecule has 1 heteroatoms. The second-order valence-corrected chi connectivity index (χ2v) is 6.97. The summed E-state index contributed by atoms with van der Waals surface area (Å²) in [5.74, 6) is 0. The molecule has 0 aromatic rings. The standard InChI is InChI=1S/C20H39N/c21-20-18-16-14-12-10-8-6-4-2-1-3-5-7-9-11-13-15-17-19-20/h18H,1-17,19,21H2. The molecule has 0 radical (unpaired) electrons. The van der Waals surface area contributed by atoms with Crippen molar-refractivity contribution in [3.8, 4) is 0 Å². The molecular formula is C20H39N. The highest BCUT2D eigenvalue weighted by molar-refractivity contribution is 4.95. The Morgan fingerprint density at radius 1 is 0.476 bits per heavy atom. The van der Waals surface area contributed by atoms with Gasteiger partial charge in [-0.1, -0.05) is 96.0 Å². The number of nitrogens with two attached hydrogens (primary N) is 1. The Morgan fingerprint density at radius 2 is 0.810 bits per heavy atom. The first-order valence-electron chi connectivity index (χ1n) is 9.84. The molecule has 0 aliphatic heterocycles. The first-order chi connectivity index (χ1) is 10.4. The van der Waals surface area contributed by atoms with E-state index in [1.54, 1.807) is 0 Å². The van der Waals surface area contributed by atoms with E-state index in [4.69, 9.17) is 5.73 Å². The third kappa shape index (κ3) is 13.0. The molecule has 0 amide bonds. The molecule has 0 aromatic heterocycles. The number of hydrogen-bond donors (Lipinski definition) is 1. The monoisotopic (exact) mass is 293 g/mol. The van der Waals surface area contributed by atoms with Gasteiger partial charge in [0, 0.05) is 5.70 Å². The van der Waals surface area contributed by atoms with Crippen molar-refractivity contribution < 1.29 is 0 Å². The first kappa shape index (κ1) is 18.6. The molecule has 0 aromatic carbocycles. The summed E-state index contributed by atoms with van der Waals surface area (Å²) in [4.78, 5) is 0. The van der Waals surface area contributed by atoms with Crippen molar-refractivity contribution in [1.82, 2.24) is 0 Å². The Balaban J connectivity index is 2.14. The van der Waals surface area contributed by atoms with Gasteiger partial charge in [0.05, 0.1) is 0 Å². The van der Waals surface area contributed by atoms with Gasteiger partial charge in [-0.15, -0.1) is 0 Å². The molecule has 124 valence electrons. The van der Waals surface area contributed by atoms with Crippen LogP contribution in [0.5, 0.6) is 0 Å². The van der Waals surface area contributed by atoms with Crippen molar-refractivity contribution in [2.45, 2.75) is 116 Å².